The van der Waals surface area contributed by atoms with Crippen molar-refractivity contribution in [1.29, 1.82) is 0 Å². The minimum Gasteiger partial charge on any atom is -0.462 e. The SMILES string of the molecule is CC(C)(C)CC(C(=O)OC1CC2CC1C1C2CC2OC21)C(C)(C)C. The third-order valence-electron chi connectivity index (χ3n) is 7.10. The first-order chi connectivity index (χ1) is 11.0. The van der Waals surface area contributed by atoms with Gasteiger partial charge in [0.15, 0.2) is 0 Å². The fraction of sp³-hybridized carbons (Fsp3) is 0.952. The van der Waals surface area contributed by atoms with E-state index in [0.29, 0.717) is 24.0 Å². The van der Waals surface area contributed by atoms with Crippen LogP contribution < -0.4 is 0 Å². The van der Waals surface area contributed by atoms with Gasteiger partial charge in [-0.15, -0.1) is 0 Å². The Kier molecular flexibility index (Phi) is 3.67. The molecule has 0 aromatic heterocycles. The monoisotopic (exact) mass is 334 g/mol. The number of carbonyl (C=O) groups is 1. The first kappa shape index (κ1) is 16.9. The summed E-state index contributed by atoms with van der Waals surface area (Å²) in [4.78, 5) is 13.0. The van der Waals surface area contributed by atoms with Gasteiger partial charge < -0.3 is 9.47 Å². The zero-order chi connectivity index (χ0) is 17.4. The number of hydrogen-bond donors (Lipinski definition) is 0. The summed E-state index contributed by atoms with van der Waals surface area (Å²) in [5.41, 5.74) is 0.0832. The van der Waals surface area contributed by atoms with Crippen LogP contribution in [0.5, 0.6) is 0 Å². The summed E-state index contributed by atoms with van der Waals surface area (Å²) in [7, 11) is 0. The average molecular weight is 335 g/mol. The second-order valence-electron chi connectivity index (χ2n) is 11.2. The minimum atomic E-state index is -0.0530. The predicted octanol–water partition coefficient (Wildman–Crippen LogP) is 4.44. The van der Waals surface area contributed by atoms with Gasteiger partial charge in [-0.2, -0.15) is 0 Å². The molecule has 0 N–H and O–H groups in total. The van der Waals surface area contributed by atoms with Crippen LogP contribution in [0, 0.1) is 40.4 Å². The molecule has 0 amide bonds. The second kappa shape index (κ2) is 5.22. The minimum absolute atomic E-state index is 0.0269. The maximum absolute atomic E-state index is 13.0. The van der Waals surface area contributed by atoms with Crippen molar-refractivity contribution in [3.63, 3.8) is 0 Å². The highest BCUT2D eigenvalue weighted by Gasteiger charge is 2.67. The van der Waals surface area contributed by atoms with E-state index in [0.717, 1.165) is 24.7 Å². The summed E-state index contributed by atoms with van der Waals surface area (Å²) in [6, 6.07) is 0. The molecule has 0 aromatic rings. The Balaban J connectivity index is 1.44. The lowest BCUT2D eigenvalue weighted by Gasteiger charge is -2.37. The highest BCUT2D eigenvalue weighted by Crippen LogP contribution is 2.64. The number of ether oxygens (including phenoxy) is 2. The fourth-order valence-electron chi connectivity index (χ4n) is 5.97. The molecular weight excluding hydrogens is 300 g/mol. The van der Waals surface area contributed by atoms with Crippen molar-refractivity contribution in [3.8, 4) is 0 Å². The van der Waals surface area contributed by atoms with Gasteiger partial charge in [0.05, 0.1) is 18.1 Å². The van der Waals surface area contributed by atoms with Crippen molar-refractivity contribution >= 4 is 5.97 Å². The molecular formula is C21H34O3. The van der Waals surface area contributed by atoms with Crippen LogP contribution in [0.2, 0.25) is 0 Å². The quantitative estimate of drug-likeness (QED) is 0.566. The summed E-state index contributed by atoms with van der Waals surface area (Å²) < 4.78 is 12.0. The van der Waals surface area contributed by atoms with Crippen LogP contribution in [0.15, 0.2) is 0 Å². The number of carbonyl (C=O) groups excluding carboxylic acids is 1. The Bertz CT molecular complexity index is 526. The third-order valence-corrected chi connectivity index (χ3v) is 7.10. The predicted molar refractivity (Wildman–Crippen MR) is 93.4 cm³/mol. The highest BCUT2D eigenvalue weighted by molar-refractivity contribution is 5.73. The molecule has 1 aliphatic heterocycles. The molecule has 0 radical (unpaired) electrons. The van der Waals surface area contributed by atoms with Crippen molar-refractivity contribution < 1.29 is 14.3 Å². The smallest absolute Gasteiger partial charge is 0.309 e. The molecule has 136 valence electrons. The van der Waals surface area contributed by atoms with Gasteiger partial charge in [-0.05, 0) is 54.3 Å². The van der Waals surface area contributed by atoms with Crippen LogP contribution in [-0.4, -0.2) is 24.3 Å². The van der Waals surface area contributed by atoms with E-state index in [4.69, 9.17) is 9.47 Å². The first-order valence-corrected chi connectivity index (χ1v) is 9.90. The lowest BCUT2D eigenvalue weighted by molar-refractivity contribution is -0.164. The van der Waals surface area contributed by atoms with E-state index in [9.17, 15) is 4.79 Å². The summed E-state index contributed by atoms with van der Waals surface area (Å²) in [5, 5.41) is 0. The molecule has 4 rings (SSSR count). The summed E-state index contributed by atoms with van der Waals surface area (Å²) in [6.45, 7) is 13.1. The van der Waals surface area contributed by atoms with Gasteiger partial charge in [0.1, 0.15) is 6.10 Å². The fourth-order valence-corrected chi connectivity index (χ4v) is 5.97. The molecule has 4 fully saturated rings. The number of hydrogen-bond acceptors (Lipinski definition) is 3. The molecule has 2 bridgehead atoms. The van der Waals surface area contributed by atoms with E-state index in [1.165, 1.54) is 12.8 Å². The largest absolute Gasteiger partial charge is 0.462 e. The van der Waals surface area contributed by atoms with Crippen LogP contribution in [0.1, 0.15) is 67.2 Å². The van der Waals surface area contributed by atoms with Crippen molar-refractivity contribution in [2.75, 3.05) is 0 Å². The molecule has 3 nitrogen and oxygen atoms in total. The van der Waals surface area contributed by atoms with Gasteiger partial charge in [0.2, 0.25) is 0 Å². The Morgan fingerprint density at radius 3 is 2.42 bits per heavy atom. The molecule has 8 atom stereocenters. The van der Waals surface area contributed by atoms with Gasteiger partial charge in [-0.3, -0.25) is 4.79 Å². The Hall–Kier alpha value is -0.570. The lowest BCUT2D eigenvalue weighted by atomic mass is 9.72. The molecule has 0 aromatic carbocycles. The van der Waals surface area contributed by atoms with Gasteiger partial charge in [0, 0.05) is 5.92 Å². The van der Waals surface area contributed by atoms with Crippen LogP contribution in [0.25, 0.3) is 0 Å². The molecule has 8 unspecified atom stereocenters. The van der Waals surface area contributed by atoms with Gasteiger partial charge in [-0.25, -0.2) is 0 Å². The van der Waals surface area contributed by atoms with E-state index < -0.39 is 0 Å². The van der Waals surface area contributed by atoms with E-state index in [1.54, 1.807) is 0 Å². The maximum Gasteiger partial charge on any atom is 0.309 e. The van der Waals surface area contributed by atoms with E-state index in [1.807, 2.05) is 0 Å². The average Bonchev–Trinajstić information content (AvgIpc) is 2.80. The molecule has 1 saturated heterocycles. The normalized spacial score (nSPS) is 44.2. The van der Waals surface area contributed by atoms with Crippen LogP contribution >= 0.6 is 0 Å². The number of epoxide rings is 1. The van der Waals surface area contributed by atoms with Crippen LogP contribution in [-0.2, 0) is 14.3 Å². The zero-order valence-corrected chi connectivity index (χ0v) is 16.2. The molecule has 4 aliphatic rings. The van der Waals surface area contributed by atoms with Crippen molar-refractivity contribution in [2.45, 2.75) is 85.5 Å². The van der Waals surface area contributed by atoms with Gasteiger partial charge >= 0.3 is 5.97 Å². The molecule has 1 heterocycles. The maximum atomic E-state index is 13.0. The zero-order valence-electron chi connectivity index (χ0n) is 16.2. The highest BCUT2D eigenvalue weighted by atomic mass is 16.6. The van der Waals surface area contributed by atoms with Crippen LogP contribution in [0.4, 0.5) is 0 Å². The van der Waals surface area contributed by atoms with Crippen molar-refractivity contribution in [2.24, 2.45) is 40.4 Å². The summed E-state index contributed by atoms with van der Waals surface area (Å²) in [6.07, 6.45) is 5.71. The standard InChI is InChI=1S/C21H34O3/c1-20(2,3)10-14(21(4,5)6)19(22)24-15-8-11-7-13(15)17-12(11)9-16-18(17)23-16/h11-18H,7-10H2,1-6H3. The van der Waals surface area contributed by atoms with Crippen LogP contribution in [0.3, 0.4) is 0 Å². The number of rotatable bonds is 3. The topological polar surface area (TPSA) is 38.8 Å². The van der Waals surface area contributed by atoms with E-state index in [2.05, 4.69) is 41.5 Å². The van der Waals surface area contributed by atoms with Crippen molar-refractivity contribution in [1.82, 2.24) is 0 Å². The van der Waals surface area contributed by atoms with Gasteiger partial charge in [-0.1, -0.05) is 41.5 Å². The molecule has 24 heavy (non-hydrogen) atoms. The van der Waals surface area contributed by atoms with E-state index in [-0.39, 0.29) is 28.8 Å². The van der Waals surface area contributed by atoms with Gasteiger partial charge in [0.25, 0.3) is 0 Å². The Morgan fingerprint density at radius 1 is 1.08 bits per heavy atom. The number of esters is 1. The lowest BCUT2D eigenvalue weighted by Crippen LogP contribution is -2.39. The first-order valence-electron chi connectivity index (χ1n) is 9.90. The summed E-state index contributed by atoms with van der Waals surface area (Å²) >= 11 is 0. The molecule has 3 heteroatoms. The molecule has 3 aliphatic carbocycles. The molecule has 3 saturated carbocycles. The van der Waals surface area contributed by atoms with E-state index >= 15 is 0 Å². The number of fused-ring (bicyclic) bond motifs is 7. The Labute approximate surface area is 146 Å². The van der Waals surface area contributed by atoms with Crippen molar-refractivity contribution in [3.05, 3.63) is 0 Å². The second-order valence-corrected chi connectivity index (χ2v) is 11.2. The molecule has 0 spiro atoms. The Morgan fingerprint density at radius 2 is 1.79 bits per heavy atom. The summed E-state index contributed by atoms with van der Waals surface area (Å²) in [5.74, 6) is 2.91. The third kappa shape index (κ3) is 2.81.